The van der Waals surface area contributed by atoms with Gasteiger partial charge in [-0.3, -0.25) is 0 Å². The SMILES string of the molecule is [Li+].[O]=[Nb][O-]. The summed E-state index contributed by atoms with van der Waals surface area (Å²) in [4.78, 5) is 0. The van der Waals surface area contributed by atoms with E-state index in [4.69, 9.17) is 6.86 Å². The van der Waals surface area contributed by atoms with Crippen molar-refractivity contribution in [2.75, 3.05) is 0 Å². The Morgan fingerprint density at radius 1 is 1.75 bits per heavy atom. The first-order valence-electron chi connectivity index (χ1n) is 0.365. The van der Waals surface area contributed by atoms with Crippen LogP contribution in [-0.2, 0) is 23.4 Å². The van der Waals surface area contributed by atoms with Gasteiger partial charge in [0.05, 0.1) is 0 Å². The van der Waals surface area contributed by atoms with Gasteiger partial charge in [0.15, 0.2) is 0 Å². The topological polar surface area (TPSA) is 40.1 Å². The van der Waals surface area contributed by atoms with Gasteiger partial charge in [0, 0.05) is 0 Å². The van der Waals surface area contributed by atoms with Crippen LogP contribution in [0, 0.1) is 0 Å². The van der Waals surface area contributed by atoms with Gasteiger partial charge in [0.1, 0.15) is 0 Å². The molecule has 0 aliphatic heterocycles. The van der Waals surface area contributed by atoms with Crippen molar-refractivity contribution in [3.63, 3.8) is 0 Å². The van der Waals surface area contributed by atoms with E-state index < -0.39 is 20.1 Å². The van der Waals surface area contributed by atoms with Crippen LogP contribution in [0.2, 0.25) is 0 Å². The summed E-state index contributed by atoms with van der Waals surface area (Å²) in [5.74, 6) is 0. The van der Waals surface area contributed by atoms with Crippen molar-refractivity contribution in [2.45, 2.75) is 0 Å². The monoisotopic (exact) mass is 132 g/mol. The quantitative estimate of drug-likeness (QED) is 0.313. The fourth-order valence-corrected chi connectivity index (χ4v) is 0. The van der Waals surface area contributed by atoms with E-state index in [1.165, 1.54) is 0 Å². The van der Waals surface area contributed by atoms with E-state index >= 15 is 0 Å². The molecule has 0 unspecified atom stereocenters. The molecule has 0 fully saturated rings. The van der Waals surface area contributed by atoms with Crippen LogP contribution in [0.5, 0.6) is 0 Å². The van der Waals surface area contributed by atoms with Crippen molar-refractivity contribution in [3.05, 3.63) is 0 Å². The van der Waals surface area contributed by atoms with E-state index in [0.29, 0.717) is 0 Å². The van der Waals surface area contributed by atoms with Gasteiger partial charge in [-0.25, -0.2) is 0 Å². The van der Waals surface area contributed by atoms with E-state index in [1.807, 2.05) is 0 Å². The molecule has 0 aromatic heterocycles. The Balaban J connectivity index is 0. The Bertz CT molecular complexity index is 13.5. The molecule has 0 amide bonds. The second-order valence-electron chi connectivity index (χ2n) is 0.0745. The normalized spacial score (nSPS) is 3.25. The Labute approximate surface area is 45.9 Å². The summed E-state index contributed by atoms with van der Waals surface area (Å²) in [5, 5.41) is 0. The Kier molecular flexibility index (Phi) is 19.9. The molecule has 0 bridgehead atoms. The molecule has 0 radical (unpaired) electrons. The van der Waals surface area contributed by atoms with Gasteiger partial charge in [0.25, 0.3) is 0 Å². The zero-order valence-corrected chi connectivity index (χ0v) is 4.46. The molecule has 4 heavy (non-hydrogen) atoms. The van der Waals surface area contributed by atoms with Crippen LogP contribution in [0.3, 0.4) is 0 Å². The van der Waals surface area contributed by atoms with Crippen molar-refractivity contribution >= 4 is 0 Å². The standard InChI is InChI=1S/Li.Nb.2O/q+1;;;-1. The summed E-state index contributed by atoms with van der Waals surface area (Å²) in [5.41, 5.74) is 0. The summed E-state index contributed by atoms with van der Waals surface area (Å²) < 4.78 is 17.0. The van der Waals surface area contributed by atoms with Crippen molar-refractivity contribution in [1.82, 2.24) is 0 Å². The fraction of sp³-hybridized carbons (Fsp3) is 0. The summed E-state index contributed by atoms with van der Waals surface area (Å²) in [7, 11) is 0. The summed E-state index contributed by atoms with van der Waals surface area (Å²) in [6, 6.07) is 0. The van der Waals surface area contributed by atoms with E-state index in [-0.39, 0.29) is 18.9 Å². The third kappa shape index (κ3) is 11.3. The minimum atomic E-state index is -2.15. The van der Waals surface area contributed by atoms with Crippen LogP contribution >= 0.6 is 0 Å². The molecule has 0 saturated carbocycles. The van der Waals surface area contributed by atoms with Gasteiger partial charge in [-0.1, -0.05) is 0 Å². The van der Waals surface area contributed by atoms with Crippen molar-refractivity contribution in [1.29, 1.82) is 0 Å². The second kappa shape index (κ2) is 8.94. The minimum absolute atomic E-state index is 0. The Morgan fingerprint density at radius 3 is 1.75 bits per heavy atom. The van der Waals surface area contributed by atoms with Gasteiger partial charge in [0.2, 0.25) is 0 Å². The maximum absolute atomic E-state index is 8.52. The van der Waals surface area contributed by atoms with Crippen molar-refractivity contribution in [2.24, 2.45) is 0 Å². The van der Waals surface area contributed by atoms with Crippen LogP contribution < -0.4 is 22.5 Å². The van der Waals surface area contributed by atoms with Crippen LogP contribution in [0.4, 0.5) is 0 Å². The van der Waals surface area contributed by atoms with E-state index in [0.717, 1.165) is 0 Å². The summed E-state index contributed by atoms with van der Waals surface area (Å²) in [6.07, 6.45) is 0. The third-order valence-corrected chi connectivity index (χ3v) is 0. The van der Waals surface area contributed by atoms with Gasteiger partial charge in [-0.05, 0) is 0 Å². The number of rotatable bonds is 0. The molecule has 4 heteroatoms. The Morgan fingerprint density at radius 2 is 1.75 bits per heavy atom. The zero-order valence-electron chi connectivity index (χ0n) is 2.26. The predicted molar refractivity (Wildman–Crippen MR) is 0.686 cm³/mol. The van der Waals surface area contributed by atoms with Gasteiger partial charge < -0.3 is 0 Å². The third-order valence-electron chi connectivity index (χ3n) is 0. The first-order chi connectivity index (χ1) is 1.41. The van der Waals surface area contributed by atoms with Crippen LogP contribution in [0.15, 0.2) is 0 Å². The van der Waals surface area contributed by atoms with E-state index in [9.17, 15) is 0 Å². The summed E-state index contributed by atoms with van der Waals surface area (Å²) in [6.45, 7) is 0. The molecule has 0 aromatic rings. The molecular weight excluding hydrogens is 132 g/mol. The molecule has 0 saturated heterocycles. The number of hydrogen-bond acceptors (Lipinski definition) is 2. The average molecular weight is 132 g/mol. The molecule has 2 nitrogen and oxygen atoms in total. The zero-order chi connectivity index (χ0) is 2.71. The maximum atomic E-state index is 8.52. The Hall–Kier alpha value is 1.10. The van der Waals surface area contributed by atoms with Crippen molar-refractivity contribution < 1.29 is 45.8 Å². The van der Waals surface area contributed by atoms with Gasteiger partial charge in [-0.2, -0.15) is 0 Å². The molecule has 0 N–H and O–H groups in total. The average Bonchev–Trinajstić information content (AvgIpc) is 0.918. The fourth-order valence-electron chi connectivity index (χ4n) is 0. The molecule has 0 aliphatic carbocycles. The van der Waals surface area contributed by atoms with E-state index in [1.54, 1.807) is 0 Å². The molecule has 0 heterocycles. The molecule has 18 valence electrons. The molecule has 0 aliphatic rings. The van der Waals surface area contributed by atoms with Crippen molar-refractivity contribution in [3.8, 4) is 0 Å². The first kappa shape index (κ1) is 8.92. The van der Waals surface area contributed by atoms with Crippen LogP contribution in [0.25, 0.3) is 0 Å². The van der Waals surface area contributed by atoms with Crippen LogP contribution in [0.1, 0.15) is 0 Å². The number of hydrogen-bond donors (Lipinski definition) is 0. The van der Waals surface area contributed by atoms with Crippen LogP contribution in [-0.4, -0.2) is 0 Å². The second-order valence-corrected chi connectivity index (χ2v) is 0.441. The molecule has 0 atom stereocenters. The van der Waals surface area contributed by atoms with Gasteiger partial charge in [-0.15, -0.1) is 0 Å². The molecule has 0 rings (SSSR count). The molecule has 0 aromatic carbocycles. The molecular formula is LiNbO2. The first-order valence-corrected chi connectivity index (χ1v) is 2.16. The summed E-state index contributed by atoms with van der Waals surface area (Å²) >= 11 is -2.15. The van der Waals surface area contributed by atoms with Gasteiger partial charge >= 0.3 is 45.8 Å². The molecule has 0 spiro atoms. The van der Waals surface area contributed by atoms with E-state index in [2.05, 4.69) is 0 Å². The predicted octanol–water partition coefficient (Wildman–Crippen LogP) is -4.31.